The van der Waals surface area contributed by atoms with Gasteiger partial charge in [0.1, 0.15) is 0 Å². The quantitative estimate of drug-likeness (QED) is 0.611. The number of halogens is 1. The predicted octanol–water partition coefficient (Wildman–Crippen LogP) is 2.50. The predicted molar refractivity (Wildman–Crippen MR) is 110 cm³/mol. The fourth-order valence-corrected chi connectivity index (χ4v) is 4.14. The number of carbonyl (C=O) groups is 1. The van der Waals surface area contributed by atoms with E-state index in [1.54, 1.807) is 12.1 Å². The Morgan fingerprint density at radius 3 is 2.48 bits per heavy atom. The summed E-state index contributed by atoms with van der Waals surface area (Å²) in [7, 11) is 0.380. The number of amides is 1. The molecule has 0 bridgehead atoms. The molecule has 146 valence electrons. The zero-order valence-electron chi connectivity index (χ0n) is 15.4. The summed E-state index contributed by atoms with van der Waals surface area (Å²) in [6.07, 6.45) is 0.0740. The summed E-state index contributed by atoms with van der Waals surface area (Å²) in [6.45, 7) is 1.29. The highest BCUT2D eigenvalue weighted by atomic mass is 79.9. The number of benzene rings is 2. The molecular weight excluding hydrogens is 430 g/mol. The lowest BCUT2D eigenvalue weighted by Crippen LogP contribution is -2.30. The van der Waals surface area contributed by atoms with Crippen LogP contribution >= 0.6 is 15.9 Å². The molecule has 2 rings (SSSR count). The van der Waals surface area contributed by atoms with Crippen LogP contribution in [0, 0.1) is 0 Å². The number of rotatable bonds is 9. The van der Waals surface area contributed by atoms with E-state index in [-0.39, 0.29) is 23.8 Å². The third kappa shape index (κ3) is 7.42. The molecule has 8 heteroatoms. The lowest BCUT2D eigenvalue weighted by atomic mass is 10.1. The van der Waals surface area contributed by atoms with Gasteiger partial charge in [0.05, 0.1) is 4.90 Å². The topological polar surface area (TPSA) is 78.5 Å². The molecule has 0 spiro atoms. The Balaban J connectivity index is 1.80. The van der Waals surface area contributed by atoms with Gasteiger partial charge in [0, 0.05) is 30.5 Å². The summed E-state index contributed by atoms with van der Waals surface area (Å²) < 4.78 is 27.5. The van der Waals surface area contributed by atoms with Crippen LogP contribution in [0.1, 0.15) is 17.5 Å². The molecule has 1 amide bonds. The first kappa shape index (κ1) is 21.6. The SMILES string of the molecule is CN(C)Cc1cccc(CNC(=O)CCNS(=O)(=O)c2cccc(Br)c2)c1. The number of carbonyl (C=O) groups excluding carboxylic acids is 1. The van der Waals surface area contributed by atoms with Crippen LogP contribution in [0.4, 0.5) is 0 Å². The lowest BCUT2D eigenvalue weighted by molar-refractivity contribution is -0.121. The van der Waals surface area contributed by atoms with E-state index in [2.05, 4.69) is 36.9 Å². The Hall–Kier alpha value is -1.74. The minimum atomic E-state index is -3.63. The maximum Gasteiger partial charge on any atom is 0.240 e. The second-order valence-electron chi connectivity index (χ2n) is 6.44. The molecule has 0 fully saturated rings. The maximum absolute atomic E-state index is 12.2. The molecule has 0 heterocycles. The number of hydrogen-bond donors (Lipinski definition) is 2. The van der Waals surface area contributed by atoms with Crippen molar-refractivity contribution in [1.82, 2.24) is 14.9 Å². The average molecular weight is 454 g/mol. The third-order valence-corrected chi connectivity index (χ3v) is 5.68. The average Bonchev–Trinajstić information content (AvgIpc) is 2.59. The zero-order chi connectivity index (χ0) is 19.9. The van der Waals surface area contributed by atoms with E-state index in [9.17, 15) is 13.2 Å². The van der Waals surface area contributed by atoms with Crippen molar-refractivity contribution >= 4 is 31.9 Å². The van der Waals surface area contributed by atoms with Crippen LogP contribution in [-0.4, -0.2) is 39.9 Å². The van der Waals surface area contributed by atoms with E-state index in [1.807, 2.05) is 32.3 Å². The van der Waals surface area contributed by atoms with Gasteiger partial charge in [-0.25, -0.2) is 13.1 Å². The van der Waals surface area contributed by atoms with Crippen LogP contribution in [-0.2, 0) is 27.9 Å². The molecule has 2 N–H and O–H groups in total. The Labute approximate surface area is 169 Å². The molecular formula is C19H24BrN3O3S. The first-order chi connectivity index (χ1) is 12.8. The molecule has 2 aromatic carbocycles. The van der Waals surface area contributed by atoms with Gasteiger partial charge in [0.25, 0.3) is 0 Å². The molecule has 0 aromatic heterocycles. The summed E-state index contributed by atoms with van der Waals surface area (Å²) in [4.78, 5) is 14.2. The minimum absolute atomic E-state index is 0.0430. The van der Waals surface area contributed by atoms with E-state index in [0.29, 0.717) is 11.0 Å². The lowest BCUT2D eigenvalue weighted by Gasteiger charge is -2.11. The second kappa shape index (κ2) is 9.98. The Kier molecular flexibility index (Phi) is 7.97. The van der Waals surface area contributed by atoms with Gasteiger partial charge in [-0.15, -0.1) is 0 Å². The largest absolute Gasteiger partial charge is 0.352 e. The van der Waals surface area contributed by atoms with Gasteiger partial charge in [-0.2, -0.15) is 0 Å². The van der Waals surface area contributed by atoms with Crippen molar-refractivity contribution in [2.75, 3.05) is 20.6 Å². The van der Waals surface area contributed by atoms with E-state index in [1.165, 1.54) is 17.7 Å². The smallest absolute Gasteiger partial charge is 0.240 e. The fraction of sp³-hybridized carbons (Fsp3) is 0.316. The summed E-state index contributed by atoms with van der Waals surface area (Å²) in [5, 5.41) is 2.82. The summed E-state index contributed by atoms with van der Waals surface area (Å²) in [6, 6.07) is 14.4. The van der Waals surface area contributed by atoms with Crippen LogP contribution < -0.4 is 10.0 Å². The van der Waals surface area contributed by atoms with Crippen molar-refractivity contribution in [3.05, 3.63) is 64.1 Å². The van der Waals surface area contributed by atoms with Gasteiger partial charge in [-0.1, -0.05) is 46.3 Å². The molecule has 0 aliphatic heterocycles. The molecule has 0 unspecified atom stereocenters. The monoisotopic (exact) mass is 453 g/mol. The normalized spacial score (nSPS) is 11.6. The molecule has 0 saturated carbocycles. The number of nitrogens with one attached hydrogen (secondary N) is 2. The van der Waals surface area contributed by atoms with Gasteiger partial charge < -0.3 is 10.2 Å². The van der Waals surface area contributed by atoms with Crippen LogP contribution in [0.15, 0.2) is 57.9 Å². The van der Waals surface area contributed by atoms with Crippen LogP contribution in [0.25, 0.3) is 0 Å². The van der Waals surface area contributed by atoms with Crippen LogP contribution in [0.3, 0.4) is 0 Å². The van der Waals surface area contributed by atoms with Crippen LogP contribution in [0.2, 0.25) is 0 Å². The molecule has 0 atom stereocenters. The van der Waals surface area contributed by atoms with Gasteiger partial charge in [0.2, 0.25) is 15.9 Å². The van der Waals surface area contributed by atoms with Crippen molar-refractivity contribution in [2.24, 2.45) is 0 Å². The van der Waals surface area contributed by atoms with Gasteiger partial charge in [-0.05, 0) is 43.4 Å². The first-order valence-electron chi connectivity index (χ1n) is 8.51. The zero-order valence-corrected chi connectivity index (χ0v) is 17.8. The minimum Gasteiger partial charge on any atom is -0.352 e. The van der Waals surface area contributed by atoms with Crippen molar-refractivity contribution in [3.63, 3.8) is 0 Å². The van der Waals surface area contributed by atoms with Crippen molar-refractivity contribution in [1.29, 1.82) is 0 Å². The molecule has 27 heavy (non-hydrogen) atoms. The van der Waals surface area contributed by atoms with Gasteiger partial charge in [-0.3, -0.25) is 4.79 Å². The molecule has 0 radical (unpaired) electrons. The number of hydrogen-bond acceptors (Lipinski definition) is 4. The third-order valence-electron chi connectivity index (χ3n) is 3.73. The fourth-order valence-electron chi connectivity index (χ4n) is 2.51. The van der Waals surface area contributed by atoms with E-state index >= 15 is 0 Å². The number of sulfonamides is 1. The highest BCUT2D eigenvalue weighted by molar-refractivity contribution is 9.10. The van der Waals surface area contributed by atoms with Crippen molar-refractivity contribution < 1.29 is 13.2 Å². The summed E-state index contributed by atoms with van der Waals surface area (Å²) in [5.74, 6) is -0.204. The highest BCUT2D eigenvalue weighted by Crippen LogP contribution is 2.15. The van der Waals surface area contributed by atoms with E-state index < -0.39 is 10.0 Å². The van der Waals surface area contributed by atoms with Gasteiger partial charge in [0.15, 0.2) is 0 Å². The molecule has 2 aromatic rings. The molecule has 0 aliphatic rings. The molecule has 0 aliphatic carbocycles. The maximum atomic E-state index is 12.2. The standard InChI is InChI=1S/C19H24BrN3O3S/c1-23(2)14-16-6-3-5-15(11-16)13-21-19(24)9-10-22-27(25,26)18-8-4-7-17(20)12-18/h3-8,11-12,22H,9-10,13-14H2,1-2H3,(H,21,24). The first-order valence-corrected chi connectivity index (χ1v) is 10.8. The van der Waals surface area contributed by atoms with Crippen LogP contribution in [0.5, 0.6) is 0 Å². The van der Waals surface area contributed by atoms with Gasteiger partial charge >= 0.3 is 0 Å². The van der Waals surface area contributed by atoms with E-state index in [4.69, 9.17) is 0 Å². The Morgan fingerprint density at radius 2 is 1.78 bits per heavy atom. The summed E-state index contributed by atoms with van der Waals surface area (Å²) in [5.41, 5.74) is 2.19. The summed E-state index contributed by atoms with van der Waals surface area (Å²) >= 11 is 3.25. The Morgan fingerprint density at radius 1 is 1.07 bits per heavy atom. The highest BCUT2D eigenvalue weighted by Gasteiger charge is 2.14. The number of nitrogens with zero attached hydrogens (tertiary/aromatic N) is 1. The second-order valence-corrected chi connectivity index (χ2v) is 9.12. The molecule has 0 saturated heterocycles. The Bertz CT molecular complexity index is 885. The molecule has 6 nitrogen and oxygen atoms in total. The van der Waals surface area contributed by atoms with Crippen molar-refractivity contribution in [2.45, 2.75) is 24.4 Å². The van der Waals surface area contributed by atoms with Crippen molar-refractivity contribution in [3.8, 4) is 0 Å². The van der Waals surface area contributed by atoms with E-state index in [0.717, 1.165) is 12.1 Å².